The van der Waals surface area contributed by atoms with Crippen LogP contribution in [0.1, 0.15) is 25.7 Å². The minimum absolute atomic E-state index is 0.0433. The highest BCUT2D eigenvalue weighted by atomic mass is 16.5. The Bertz CT molecular complexity index is 633. The first-order chi connectivity index (χ1) is 11.1. The van der Waals surface area contributed by atoms with Gasteiger partial charge in [0.25, 0.3) is 0 Å². The molecule has 0 aromatic heterocycles. The Labute approximate surface area is 135 Å². The van der Waals surface area contributed by atoms with E-state index < -0.39 is 17.1 Å². The SMILES string of the molecule is N#CC1=C(N)O[C@]2(N3CCOCC3)CCCC[C@H]2C1(C#N)C#N. The Kier molecular flexibility index (Phi) is 3.90. The van der Waals surface area contributed by atoms with Crippen molar-refractivity contribution >= 4 is 0 Å². The van der Waals surface area contributed by atoms with Gasteiger partial charge in [-0.3, -0.25) is 4.90 Å². The molecule has 2 atom stereocenters. The second-order valence-electron chi connectivity index (χ2n) is 6.23. The third-order valence-corrected chi connectivity index (χ3v) is 5.28. The Morgan fingerprint density at radius 2 is 1.83 bits per heavy atom. The smallest absolute Gasteiger partial charge is 0.203 e. The maximum Gasteiger partial charge on any atom is 0.203 e. The summed E-state index contributed by atoms with van der Waals surface area (Å²) in [5.41, 5.74) is 3.61. The molecule has 7 heteroatoms. The van der Waals surface area contributed by atoms with E-state index >= 15 is 0 Å². The molecule has 3 aliphatic rings. The lowest BCUT2D eigenvalue weighted by molar-refractivity contribution is -0.223. The summed E-state index contributed by atoms with van der Waals surface area (Å²) >= 11 is 0. The summed E-state index contributed by atoms with van der Waals surface area (Å²) in [4.78, 5) is 2.14. The number of hydrogen-bond acceptors (Lipinski definition) is 7. The van der Waals surface area contributed by atoms with E-state index in [0.29, 0.717) is 39.1 Å². The molecule has 120 valence electrons. The summed E-state index contributed by atoms with van der Waals surface area (Å²) in [6, 6.07) is 6.15. The molecule has 2 aliphatic heterocycles. The molecule has 0 aromatic carbocycles. The zero-order valence-electron chi connectivity index (χ0n) is 12.9. The van der Waals surface area contributed by atoms with Crippen molar-refractivity contribution in [3.05, 3.63) is 11.5 Å². The molecule has 23 heavy (non-hydrogen) atoms. The first-order valence-electron chi connectivity index (χ1n) is 7.89. The van der Waals surface area contributed by atoms with Gasteiger partial charge in [-0.2, -0.15) is 15.8 Å². The zero-order chi connectivity index (χ0) is 16.5. The van der Waals surface area contributed by atoms with Gasteiger partial charge in [-0.05, 0) is 12.8 Å². The highest BCUT2D eigenvalue weighted by Crippen LogP contribution is 2.55. The van der Waals surface area contributed by atoms with E-state index in [1.165, 1.54) is 0 Å². The maximum atomic E-state index is 9.80. The average molecular weight is 313 g/mol. The van der Waals surface area contributed by atoms with Crippen LogP contribution in [0.3, 0.4) is 0 Å². The van der Waals surface area contributed by atoms with Crippen molar-refractivity contribution in [2.75, 3.05) is 26.3 Å². The summed E-state index contributed by atoms with van der Waals surface area (Å²) in [5, 5.41) is 29.0. The number of allylic oxidation sites excluding steroid dienone is 1. The topological polar surface area (TPSA) is 119 Å². The van der Waals surface area contributed by atoms with Crippen molar-refractivity contribution in [2.45, 2.75) is 31.4 Å². The normalized spacial score (nSPS) is 33.5. The first-order valence-corrected chi connectivity index (χ1v) is 7.89. The summed E-state index contributed by atoms with van der Waals surface area (Å²) in [5.74, 6) is -0.473. The number of morpholine rings is 1. The molecule has 1 saturated heterocycles. The van der Waals surface area contributed by atoms with Crippen LogP contribution in [0, 0.1) is 45.3 Å². The van der Waals surface area contributed by atoms with Crippen molar-refractivity contribution in [3.63, 3.8) is 0 Å². The van der Waals surface area contributed by atoms with Gasteiger partial charge in [0, 0.05) is 19.5 Å². The molecule has 3 rings (SSSR count). The van der Waals surface area contributed by atoms with Crippen LogP contribution in [-0.4, -0.2) is 36.9 Å². The van der Waals surface area contributed by atoms with Crippen LogP contribution in [0.4, 0.5) is 0 Å². The van der Waals surface area contributed by atoms with Gasteiger partial charge in [0.2, 0.25) is 5.88 Å². The van der Waals surface area contributed by atoms with E-state index in [9.17, 15) is 15.8 Å². The van der Waals surface area contributed by atoms with Gasteiger partial charge in [0.15, 0.2) is 11.1 Å². The predicted octanol–water partition coefficient (Wildman–Crippen LogP) is 0.963. The number of nitrogens with two attached hydrogens (primary N) is 1. The van der Waals surface area contributed by atoms with E-state index in [0.717, 1.165) is 12.8 Å². The van der Waals surface area contributed by atoms with E-state index in [-0.39, 0.29) is 11.5 Å². The molecule has 0 spiro atoms. The van der Waals surface area contributed by atoms with Gasteiger partial charge in [0.1, 0.15) is 11.6 Å². The van der Waals surface area contributed by atoms with E-state index in [2.05, 4.69) is 17.0 Å². The number of hydrogen-bond donors (Lipinski definition) is 1. The second-order valence-corrected chi connectivity index (χ2v) is 6.23. The Balaban J connectivity index is 2.16. The number of nitriles is 3. The Morgan fingerprint density at radius 1 is 1.13 bits per heavy atom. The van der Waals surface area contributed by atoms with Crippen LogP contribution in [0.25, 0.3) is 0 Å². The van der Waals surface area contributed by atoms with Crippen LogP contribution in [0.15, 0.2) is 11.5 Å². The van der Waals surface area contributed by atoms with Gasteiger partial charge in [-0.1, -0.05) is 6.42 Å². The molecular weight excluding hydrogens is 294 g/mol. The predicted molar refractivity (Wildman–Crippen MR) is 78.7 cm³/mol. The van der Waals surface area contributed by atoms with Gasteiger partial charge in [0.05, 0.1) is 31.3 Å². The third-order valence-electron chi connectivity index (χ3n) is 5.28. The number of nitrogens with zero attached hydrogens (tertiary/aromatic N) is 4. The number of fused-ring (bicyclic) bond motifs is 1. The monoisotopic (exact) mass is 313 g/mol. The van der Waals surface area contributed by atoms with E-state index in [4.69, 9.17) is 15.2 Å². The highest BCUT2D eigenvalue weighted by molar-refractivity contribution is 5.47. The van der Waals surface area contributed by atoms with E-state index in [1.54, 1.807) is 0 Å². The minimum Gasteiger partial charge on any atom is -0.456 e. The molecule has 0 aromatic rings. The van der Waals surface area contributed by atoms with Crippen molar-refractivity contribution in [1.29, 1.82) is 15.8 Å². The van der Waals surface area contributed by atoms with Crippen molar-refractivity contribution in [1.82, 2.24) is 4.90 Å². The largest absolute Gasteiger partial charge is 0.456 e. The molecule has 0 amide bonds. The molecule has 0 radical (unpaired) electrons. The molecule has 2 heterocycles. The first kappa shape index (κ1) is 15.6. The van der Waals surface area contributed by atoms with Crippen LogP contribution >= 0.6 is 0 Å². The standard InChI is InChI=1S/C16H19N5O2/c17-9-12-14(20)23-16(21-5-7-22-8-6-21)4-2-1-3-13(16)15(12,10-18)11-19/h13H,1-8,20H2/t13-,16+/m0/s1. The molecule has 1 aliphatic carbocycles. The van der Waals surface area contributed by atoms with E-state index in [1.807, 2.05) is 6.07 Å². The van der Waals surface area contributed by atoms with Gasteiger partial charge >= 0.3 is 0 Å². The highest BCUT2D eigenvalue weighted by Gasteiger charge is 2.63. The second kappa shape index (κ2) is 5.74. The van der Waals surface area contributed by atoms with Gasteiger partial charge < -0.3 is 15.2 Å². The fourth-order valence-electron chi connectivity index (χ4n) is 4.23. The summed E-state index contributed by atoms with van der Waals surface area (Å²) < 4.78 is 11.5. The van der Waals surface area contributed by atoms with Crippen LogP contribution in [-0.2, 0) is 9.47 Å². The minimum atomic E-state index is -1.55. The number of ether oxygens (including phenoxy) is 2. The molecular formula is C16H19N5O2. The Morgan fingerprint density at radius 3 is 2.43 bits per heavy atom. The Hall–Kier alpha value is -2.27. The fourth-order valence-corrected chi connectivity index (χ4v) is 4.23. The van der Waals surface area contributed by atoms with Crippen molar-refractivity contribution in [2.24, 2.45) is 17.1 Å². The maximum absolute atomic E-state index is 9.80. The molecule has 2 N–H and O–H groups in total. The lowest BCUT2D eigenvalue weighted by Crippen LogP contribution is -2.66. The molecule has 7 nitrogen and oxygen atoms in total. The van der Waals surface area contributed by atoms with Gasteiger partial charge in [-0.15, -0.1) is 0 Å². The third kappa shape index (κ3) is 2.07. The van der Waals surface area contributed by atoms with Gasteiger partial charge in [-0.25, -0.2) is 0 Å². The summed E-state index contributed by atoms with van der Waals surface area (Å²) in [7, 11) is 0. The molecule has 1 saturated carbocycles. The lowest BCUT2D eigenvalue weighted by Gasteiger charge is -2.56. The van der Waals surface area contributed by atoms with Crippen LogP contribution in [0.2, 0.25) is 0 Å². The molecule has 2 fully saturated rings. The lowest BCUT2D eigenvalue weighted by atomic mass is 9.61. The fraction of sp³-hybridized carbons (Fsp3) is 0.688. The number of rotatable bonds is 1. The molecule has 0 unspecified atom stereocenters. The van der Waals surface area contributed by atoms with Crippen LogP contribution < -0.4 is 5.73 Å². The zero-order valence-corrected chi connectivity index (χ0v) is 12.9. The molecule has 0 bridgehead atoms. The quantitative estimate of drug-likeness (QED) is 0.765. The van der Waals surface area contributed by atoms with Crippen molar-refractivity contribution in [3.8, 4) is 18.2 Å². The average Bonchev–Trinajstić information content (AvgIpc) is 2.61. The summed E-state index contributed by atoms with van der Waals surface area (Å²) in [6.07, 6.45) is 3.21. The van der Waals surface area contributed by atoms with Crippen LogP contribution in [0.5, 0.6) is 0 Å². The summed E-state index contributed by atoms with van der Waals surface area (Å²) in [6.45, 7) is 2.49. The van der Waals surface area contributed by atoms with Crippen molar-refractivity contribution < 1.29 is 9.47 Å².